The molecular formula is C27H34N4O6. The van der Waals surface area contributed by atoms with E-state index in [1.54, 1.807) is 19.1 Å². The standard InChI is InChI=1S/C27H34N4O6/c1-5-37-26(33)22-23(19-15-20(34-2)24(36-4)21(16-19)35-3)28-27(29-25(22)32)31-13-11-30(12-14-31)17-18-9-7-6-8-10-18/h6-10,15-16,22-23H,5,11-14,17H2,1-4H3,(H,28,29,32). The van der Waals surface area contributed by atoms with E-state index in [-0.39, 0.29) is 6.61 Å². The van der Waals surface area contributed by atoms with Crippen LogP contribution >= 0.6 is 0 Å². The van der Waals surface area contributed by atoms with E-state index in [0.717, 1.165) is 19.6 Å². The molecule has 2 atom stereocenters. The van der Waals surface area contributed by atoms with Crippen LogP contribution in [0.3, 0.4) is 0 Å². The molecule has 1 saturated heterocycles. The molecule has 2 unspecified atom stereocenters. The SMILES string of the molecule is CCOC(=O)C1C(=O)NC(N2CCN(Cc3ccccc3)CC2)=NC1c1cc(OC)c(OC)c(OC)c1. The van der Waals surface area contributed by atoms with Crippen molar-refractivity contribution in [3.05, 3.63) is 53.6 Å². The van der Waals surface area contributed by atoms with Crippen LogP contribution in [0.5, 0.6) is 17.2 Å². The molecule has 198 valence electrons. The van der Waals surface area contributed by atoms with Gasteiger partial charge in [0.25, 0.3) is 0 Å². The number of piperazine rings is 1. The number of rotatable bonds is 8. The molecule has 2 aliphatic heterocycles. The van der Waals surface area contributed by atoms with Crippen LogP contribution in [0, 0.1) is 5.92 Å². The summed E-state index contributed by atoms with van der Waals surface area (Å²) in [5, 5.41) is 2.85. The van der Waals surface area contributed by atoms with Gasteiger partial charge in [-0.25, -0.2) is 4.99 Å². The average molecular weight is 511 g/mol. The molecule has 4 rings (SSSR count). The number of benzene rings is 2. The fourth-order valence-corrected chi connectivity index (χ4v) is 4.70. The van der Waals surface area contributed by atoms with Crippen LogP contribution in [0.4, 0.5) is 0 Å². The number of amides is 1. The minimum atomic E-state index is -1.15. The monoisotopic (exact) mass is 510 g/mol. The lowest BCUT2D eigenvalue weighted by molar-refractivity contribution is -0.153. The summed E-state index contributed by atoms with van der Waals surface area (Å²) in [4.78, 5) is 35.4. The number of esters is 1. The third kappa shape index (κ3) is 5.80. The van der Waals surface area contributed by atoms with Gasteiger partial charge in [-0.05, 0) is 30.2 Å². The highest BCUT2D eigenvalue weighted by molar-refractivity contribution is 6.08. The number of ether oxygens (including phenoxy) is 4. The summed E-state index contributed by atoms with van der Waals surface area (Å²) < 4.78 is 21.7. The zero-order chi connectivity index (χ0) is 26.4. The Kier molecular flexibility index (Phi) is 8.50. The van der Waals surface area contributed by atoms with Gasteiger partial charge in [-0.2, -0.15) is 0 Å². The van der Waals surface area contributed by atoms with Gasteiger partial charge in [-0.1, -0.05) is 30.3 Å². The Balaban J connectivity index is 1.61. The molecule has 0 bridgehead atoms. The molecule has 0 aromatic heterocycles. The van der Waals surface area contributed by atoms with E-state index in [2.05, 4.69) is 22.3 Å². The van der Waals surface area contributed by atoms with E-state index in [1.165, 1.54) is 26.9 Å². The van der Waals surface area contributed by atoms with Gasteiger partial charge in [0.05, 0.1) is 27.9 Å². The van der Waals surface area contributed by atoms with Crippen LogP contribution in [0.15, 0.2) is 47.5 Å². The molecule has 2 heterocycles. The first-order chi connectivity index (χ1) is 18.0. The van der Waals surface area contributed by atoms with Crippen LogP contribution in [0.2, 0.25) is 0 Å². The Labute approximate surface area is 217 Å². The topological polar surface area (TPSA) is 102 Å². The highest BCUT2D eigenvalue weighted by atomic mass is 16.5. The van der Waals surface area contributed by atoms with E-state index in [4.69, 9.17) is 23.9 Å². The molecular weight excluding hydrogens is 476 g/mol. The van der Waals surface area contributed by atoms with Gasteiger partial charge < -0.3 is 23.8 Å². The number of methoxy groups -OCH3 is 3. The summed E-state index contributed by atoms with van der Waals surface area (Å²) in [7, 11) is 4.55. The summed E-state index contributed by atoms with van der Waals surface area (Å²) in [5.74, 6) is -0.536. The molecule has 2 aromatic rings. The number of nitrogens with one attached hydrogen (secondary N) is 1. The lowest BCUT2D eigenvalue weighted by Gasteiger charge is -2.39. The second kappa shape index (κ2) is 12.0. The molecule has 0 spiro atoms. The summed E-state index contributed by atoms with van der Waals surface area (Å²) in [6, 6.07) is 13.0. The number of nitrogens with zero attached hydrogens (tertiary/aromatic N) is 3. The molecule has 1 N–H and O–H groups in total. The molecule has 0 saturated carbocycles. The average Bonchev–Trinajstić information content (AvgIpc) is 2.92. The number of hydrogen-bond acceptors (Lipinski definition) is 9. The van der Waals surface area contributed by atoms with Crippen molar-refractivity contribution in [1.82, 2.24) is 15.1 Å². The van der Waals surface area contributed by atoms with E-state index >= 15 is 0 Å². The minimum Gasteiger partial charge on any atom is -0.493 e. The van der Waals surface area contributed by atoms with Crippen LogP contribution in [0.25, 0.3) is 0 Å². The van der Waals surface area contributed by atoms with Crippen LogP contribution < -0.4 is 19.5 Å². The predicted molar refractivity (Wildman–Crippen MR) is 138 cm³/mol. The molecule has 2 aromatic carbocycles. The van der Waals surface area contributed by atoms with Crippen LogP contribution in [0.1, 0.15) is 24.1 Å². The third-order valence-corrected chi connectivity index (χ3v) is 6.58. The second-order valence-electron chi connectivity index (χ2n) is 8.82. The van der Waals surface area contributed by atoms with Crippen molar-refractivity contribution in [2.75, 3.05) is 54.1 Å². The fraction of sp³-hybridized carbons (Fsp3) is 0.444. The lowest BCUT2D eigenvalue weighted by atomic mass is 9.90. The van der Waals surface area contributed by atoms with E-state index in [1.807, 2.05) is 23.1 Å². The van der Waals surface area contributed by atoms with Crippen LogP contribution in [-0.4, -0.2) is 81.8 Å². The molecule has 1 amide bonds. The highest BCUT2D eigenvalue weighted by Crippen LogP contribution is 2.42. The zero-order valence-corrected chi connectivity index (χ0v) is 21.7. The van der Waals surface area contributed by atoms with Crippen molar-refractivity contribution in [3.63, 3.8) is 0 Å². The van der Waals surface area contributed by atoms with E-state index in [0.29, 0.717) is 41.9 Å². The summed E-state index contributed by atoms with van der Waals surface area (Å²) in [6.07, 6.45) is 0. The third-order valence-electron chi connectivity index (χ3n) is 6.58. The van der Waals surface area contributed by atoms with Gasteiger partial charge in [0.2, 0.25) is 17.6 Å². The summed E-state index contributed by atoms with van der Waals surface area (Å²) in [5.41, 5.74) is 1.85. The molecule has 1 fully saturated rings. The molecule has 0 aliphatic carbocycles. The number of carbonyl (C=O) groups is 2. The molecule has 10 heteroatoms. The van der Waals surface area contributed by atoms with Gasteiger partial charge in [-0.15, -0.1) is 0 Å². The Morgan fingerprint density at radius 2 is 1.65 bits per heavy atom. The molecule has 2 aliphatic rings. The van der Waals surface area contributed by atoms with Crippen molar-refractivity contribution in [3.8, 4) is 17.2 Å². The number of guanidine groups is 1. The lowest BCUT2D eigenvalue weighted by Crippen LogP contribution is -2.57. The van der Waals surface area contributed by atoms with Gasteiger partial charge in [0.1, 0.15) is 6.04 Å². The first kappa shape index (κ1) is 26.3. The first-order valence-corrected chi connectivity index (χ1v) is 12.4. The maximum Gasteiger partial charge on any atom is 0.321 e. The van der Waals surface area contributed by atoms with Crippen molar-refractivity contribution < 1.29 is 28.5 Å². The number of hydrogen-bond donors (Lipinski definition) is 1. The predicted octanol–water partition coefficient (Wildman–Crippen LogP) is 2.24. The largest absolute Gasteiger partial charge is 0.493 e. The van der Waals surface area contributed by atoms with Gasteiger partial charge >= 0.3 is 5.97 Å². The Morgan fingerprint density at radius 3 is 2.22 bits per heavy atom. The molecule has 10 nitrogen and oxygen atoms in total. The Morgan fingerprint density at radius 1 is 1.00 bits per heavy atom. The van der Waals surface area contributed by atoms with Crippen molar-refractivity contribution in [2.24, 2.45) is 10.9 Å². The maximum atomic E-state index is 13.3. The maximum absolute atomic E-state index is 13.3. The summed E-state index contributed by atoms with van der Waals surface area (Å²) >= 11 is 0. The zero-order valence-electron chi connectivity index (χ0n) is 21.7. The Bertz CT molecular complexity index is 1110. The first-order valence-electron chi connectivity index (χ1n) is 12.4. The highest BCUT2D eigenvalue weighted by Gasteiger charge is 2.43. The fourth-order valence-electron chi connectivity index (χ4n) is 4.70. The normalized spacial score (nSPS) is 20.1. The van der Waals surface area contributed by atoms with Gasteiger partial charge in [0, 0.05) is 32.7 Å². The minimum absolute atomic E-state index is 0.157. The van der Waals surface area contributed by atoms with Crippen molar-refractivity contribution in [2.45, 2.75) is 19.5 Å². The molecule has 0 radical (unpaired) electrons. The van der Waals surface area contributed by atoms with E-state index in [9.17, 15) is 9.59 Å². The second-order valence-corrected chi connectivity index (χ2v) is 8.82. The smallest absolute Gasteiger partial charge is 0.321 e. The van der Waals surface area contributed by atoms with Crippen molar-refractivity contribution in [1.29, 1.82) is 0 Å². The Hall–Kier alpha value is -3.79. The van der Waals surface area contributed by atoms with E-state index < -0.39 is 23.8 Å². The number of carbonyl (C=O) groups excluding carboxylic acids is 2. The molecule has 37 heavy (non-hydrogen) atoms. The van der Waals surface area contributed by atoms with Gasteiger partial charge in [0.15, 0.2) is 17.4 Å². The van der Waals surface area contributed by atoms with Gasteiger partial charge in [-0.3, -0.25) is 19.8 Å². The summed E-state index contributed by atoms with van der Waals surface area (Å²) in [6.45, 7) is 5.75. The quantitative estimate of drug-likeness (QED) is 0.426. The number of aliphatic imine (C=N–C) groups is 1. The van der Waals surface area contributed by atoms with Crippen LogP contribution in [-0.2, 0) is 20.9 Å². The van der Waals surface area contributed by atoms with Crippen molar-refractivity contribution >= 4 is 17.8 Å².